The molecule has 0 bridgehead atoms. The molecule has 0 saturated heterocycles. The van der Waals surface area contributed by atoms with Crippen molar-refractivity contribution in [2.24, 2.45) is 0 Å². The summed E-state index contributed by atoms with van der Waals surface area (Å²) in [5.41, 5.74) is 1.34. The fourth-order valence-corrected chi connectivity index (χ4v) is 1.08. The van der Waals surface area contributed by atoms with Crippen molar-refractivity contribution in [3.05, 3.63) is 29.8 Å². The van der Waals surface area contributed by atoms with Crippen molar-refractivity contribution in [3.8, 4) is 6.07 Å². The molecule has 13 heavy (non-hydrogen) atoms. The molecule has 3 heteroatoms. The fraction of sp³-hybridized carbons (Fsp3) is 0.200. The summed E-state index contributed by atoms with van der Waals surface area (Å²) in [6.45, 7) is 1.72. The van der Waals surface area contributed by atoms with E-state index < -0.39 is 0 Å². The van der Waals surface area contributed by atoms with Crippen LogP contribution >= 0.6 is 0 Å². The van der Waals surface area contributed by atoms with E-state index in [2.05, 4.69) is 5.32 Å². The Hall–Kier alpha value is -1.82. The Balaban J connectivity index is 2.92. The second-order valence-electron chi connectivity index (χ2n) is 2.61. The van der Waals surface area contributed by atoms with E-state index in [1.165, 1.54) is 6.92 Å². The number of nitrogens with zero attached hydrogens (tertiary/aromatic N) is 1. The molecule has 0 aromatic heterocycles. The van der Waals surface area contributed by atoms with Crippen LogP contribution in [-0.4, -0.2) is 12.3 Å². The highest BCUT2D eigenvalue weighted by Crippen LogP contribution is 2.14. The molecule has 0 aliphatic carbocycles. The third-order valence-electron chi connectivity index (χ3n) is 1.66. The average molecular weight is 174 g/mol. The molecule has 0 unspecified atom stereocenters. The molecule has 66 valence electrons. The number of hydrogen-bond donors (Lipinski definition) is 1. The van der Waals surface area contributed by atoms with Crippen LogP contribution in [0.3, 0.4) is 0 Å². The van der Waals surface area contributed by atoms with Crippen LogP contribution in [0.1, 0.15) is 17.3 Å². The molecule has 1 aromatic carbocycles. The summed E-state index contributed by atoms with van der Waals surface area (Å²) >= 11 is 0. The smallest absolute Gasteiger partial charge is 0.161 e. The molecule has 0 radical (unpaired) electrons. The minimum atomic E-state index is 0.000963. The van der Waals surface area contributed by atoms with Crippen molar-refractivity contribution in [2.45, 2.75) is 6.92 Å². The van der Waals surface area contributed by atoms with Crippen molar-refractivity contribution in [3.63, 3.8) is 0 Å². The highest BCUT2D eigenvalue weighted by Gasteiger charge is 2.04. The van der Waals surface area contributed by atoms with Gasteiger partial charge in [-0.2, -0.15) is 5.26 Å². The van der Waals surface area contributed by atoms with Crippen LogP contribution in [0.15, 0.2) is 24.3 Å². The number of nitrogens with one attached hydrogen (secondary N) is 1. The summed E-state index contributed by atoms with van der Waals surface area (Å²) in [4.78, 5) is 11.1. The maximum Gasteiger partial charge on any atom is 0.161 e. The van der Waals surface area contributed by atoms with Gasteiger partial charge < -0.3 is 5.32 Å². The number of nitriles is 1. The number of hydrogen-bond acceptors (Lipinski definition) is 3. The number of Topliss-reactive ketones (excluding diaryl/α,β-unsaturated/α-hetero) is 1. The van der Waals surface area contributed by atoms with Gasteiger partial charge in [0.25, 0.3) is 0 Å². The first-order valence-electron chi connectivity index (χ1n) is 3.96. The van der Waals surface area contributed by atoms with Gasteiger partial charge in [-0.1, -0.05) is 12.1 Å². The SMILES string of the molecule is CC(=O)c1ccccc1NCC#N. The van der Waals surface area contributed by atoms with Crippen LogP contribution in [0, 0.1) is 11.3 Å². The zero-order chi connectivity index (χ0) is 9.68. The first-order chi connectivity index (χ1) is 6.25. The molecule has 0 aliphatic heterocycles. The Morgan fingerprint density at radius 1 is 1.54 bits per heavy atom. The molecule has 0 heterocycles. The van der Waals surface area contributed by atoms with Crippen LogP contribution in [-0.2, 0) is 0 Å². The Morgan fingerprint density at radius 3 is 2.85 bits per heavy atom. The predicted molar refractivity (Wildman–Crippen MR) is 50.5 cm³/mol. The second kappa shape index (κ2) is 4.27. The van der Waals surface area contributed by atoms with E-state index in [1.54, 1.807) is 18.2 Å². The summed E-state index contributed by atoms with van der Waals surface area (Å²) in [7, 11) is 0. The molecular weight excluding hydrogens is 164 g/mol. The Bertz CT molecular complexity index is 352. The van der Waals surface area contributed by atoms with E-state index in [0.717, 1.165) is 5.69 Å². The molecular formula is C10H10N2O. The largest absolute Gasteiger partial charge is 0.372 e. The number of anilines is 1. The number of ketones is 1. The van der Waals surface area contributed by atoms with Crippen molar-refractivity contribution >= 4 is 11.5 Å². The van der Waals surface area contributed by atoms with E-state index in [9.17, 15) is 4.79 Å². The molecule has 1 rings (SSSR count). The van der Waals surface area contributed by atoms with Gasteiger partial charge in [-0.05, 0) is 19.1 Å². The number of para-hydroxylation sites is 1. The lowest BCUT2D eigenvalue weighted by molar-refractivity contribution is 0.101. The van der Waals surface area contributed by atoms with Gasteiger partial charge in [-0.3, -0.25) is 4.79 Å². The maximum atomic E-state index is 11.1. The van der Waals surface area contributed by atoms with Gasteiger partial charge in [0, 0.05) is 11.3 Å². The van der Waals surface area contributed by atoms with E-state index >= 15 is 0 Å². The van der Waals surface area contributed by atoms with Crippen LogP contribution in [0.5, 0.6) is 0 Å². The van der Waals surface area contributed by atoms with Gasteiger partial charge in [0.1, 0.15) is 6.54 Å². The number of rotatable bonds is 3. The molecule has 0 aliphatic rings. The lowest BCUT2D eigenvalue weighted by Gasteiger charge is -2.05. The minimum Gasteiger partial charge on any atom is -0.372 e. The van der Waals surface area contributed by atoms with E-state index in [1.807, 2.05) is 12.1 Å². The third kappa shape index (κ3) is 2.31. The van der Waals surface area contributed by atoms with Crippen LogP contribution < -0.4 is 5.32 Å². The van der Waals surface area contributed by atoms with E-state index in [0.29, 0.717) is 5.56 Å². The van der Waals surface area contributed by atoms with E-state index in [4.69, 9.17) is 5.26 Å². The third-order valence-corrected chi connectivity index (χ3v) is 1.66. The molecule has 0 atom stereocenters. The van der Waals surface area contributed by atoms with Gasteiger partial charge in [0.15, 0.2) is 5.78 Å². The summed E-state index contributed by atoms with van der Waals surface area (Å²) in [6.07, 6.45) is 0. The number of benzene rings is 1. The van der Waals surface area contributed by atoms with Crippen molar-refractivity contribution in [2.75, 3.05) is 11.9 Å². The number of carbonyl (C=O) groups excluding carboxylic acids is 1. The summed E-state index contributed by atoms with van der Waals surface area (Å²) < 4.78 is 0. The predicted octanol–water partition coefficient (Wildman–Crippen LogP) is 1.82. The highest BCUT2D eigenvalue weighted by atomic mass is 16.1. The zero-order valence-corrected chi connectivity index (χ0v) is 7.37. The fourth-order valence-electron chi connectivity index (χ4n) is 1.08. The Labute approximate surface area is 77.0 Å². The molecule has 0 amide bonds. The van der Waals surface area contributed by atoms with Crippen LogP contribution in [0.2, 0.25) is 0 Å². The molecule has 1 N–H and O–H groups in total. The van der Waals surface area contributed by atoms with Crippen molar-refractivity contribution in [1.82, 2.24) is 0 Å². The molecule has 0 spiro atoms. The van der Waals surface area contributed by atoms with Gasteiger partial charge in [-0.25, -0.2) is 0 Å². The standard InChI is InChI=1S/C10H10N2O/c1-8(13)9-4-2-3-5-10(9)12-7-6-11/h2-5,12H,7H2,1H3. The summed E-state index contributed by atoms with van der Waals surface area (Å²) in [6, 6.07) is 9.11. The van der Waals surface area contributed by atoms with Gasteiger partial charge >= 0.3 is 0 Å². The Morgan fingerprint density at radius 2 is 2.23 bits per heavy atom. The first kappa shape index (κ1) is 9.27. The lowest BCUT2D eigenvalue weighted by Crippen LogP contribution is -2.04. The molecule has 0 fully saturated rings. The van der Waals surface area contributed by atoms with Crippen molar-refractivity contribution in [1.29, 1.82) is 5.26 Å². The van der Waals surface area contributed by atoms with Gasteiger partial charge in [0.2, 0.25) is 0 Å². The normalized spacial score (nSPS) is 8.92. The average Bonchev–Trinajstić information content (AvgIpc) is 2.15. The first-order valence-corrected chi connectivity index (χ1v) is 3.96. The van der Waals surface area contributed by atoms with Crippen LogP contribution in [0.25, 0.3) is 0 Å². The molecule has 1 aromatic rings. The zero-order valence-electron chi connectivity index (χ0n) is 7.37. The topological polar surface area (TPSA) is 52.9 Å². The Kier molecular flexibility index (Phi) is 3.04. The maximum absolute atomic E-state index is 11.1. The highest BCUT2D eigenvalue weighted by molar-refractivity contribution is 5.99. The summed E-state index contributed by atoms with van der Waals surface area (Å²) in [5, 5.41) is 11.2. The van der Waals surface area contributed by atoms with Gasteiger partial charge in [-0.15, -0.1) is 0 Å². The van der Waals surface area contributed by atoms with Gasteiger partial charge in [0.05, 0.1) is 6.07 Å². The monoisotopic (exact) mass is 174 g/mol. The lowest BCUT2D eigenvalue weighted by atomic mass is 10.1. The number of carbonyl (C=O) groups is 1. The van der Waals surface area contributed by atoms with Crippen LogP contribution in [0.4, 0.5) is 5.69 Å². The summed E-state index contributed by atoms with van der Waals surface area (Å²) in [5.74, 6) is 0.000963. The second-order valence-corrected chi connectivity index (χ2v) is 2.61. The minimum absolute atomic E-state index is 0.000963. The molecule has 3 nitrogen and oxygen atoms in total. The molecule has 0 saturated carbocycles. The van der Waals surface area contributed by atoms with Crippen molar-refractivity contribution < 1.29 is 4.79 Å². The van der Waals surface area contributed by atoms with E-state index in [-0.39, 0.29) is 12.3 Å². The quantitative estimate of drug-likeness (QED) is 0.561.